The van der Waals surface area contributed by atoms with Crippen LogP contribution in [0.2, 0.25) is 5.02 Å². The zero-order chi connectivity index (χ0) is 22.5. The second-order valence-electron chi connectivity index (χ2n) is 7.02. The summed E-state index contributed by atoms with van der Waals surface area (Å²) in [5, 5.41) is 12.7. The maximum atomic E-state index is 11.2. The summed E-state index contributed by atoms with van der Waals surface area (Å²) >= 11 is 6.43. The predicted octanol–water partition coefficient (Wildman–Crippen LogP) is 6.69. The van der Waals surface area contributed by atoms with E-state index in [1.807, 2.05) is 66.7 Å². The zero-order valence-corrected chi connectivity index (χ0v) is 17.9. The van der Waals surface area contributed by atoms with Crippen LogP contribution in [0.1, 0.15) is 12.5 Å². The molecule has 1 aromatic heterocycles. The van der Waals surface area contributed by atoms with Crippen LogP contribution in [-0.4, -0.2) is 10.9 Å². The van der Waals surface area contributed by atoms with Crippen molar-refractivity contribution in [3.8, 4) is 40.1 Å². The number of aromatic nitrogens is 1. The molecule has 6 heteroatoms. The number of nitrogens with one attached hydrogen (secondary N) is 1. The van der Waals surface area contributed by atoms with Gasteiger partial charge in [-0.3, -0.25) is 4.79 Å². The standard InChI is InChI=1S/C26H18ClN3O2/c1-17(31)29-20-11-7-18(8-12-20)25-15-24(27)23(16-28)26(30-25)19-9-13-22(14-10-19)32-21-5-3-2-4-6-21/h2-15H,1H3,(H,29,31). The van der Waals surface area contributed by atoms with E-state index in [9.17, 15) is 10.1 Å². The van der Waals surface area contributed by atoms with Crippen LogP contribution < -0.4 is 10.1 Å². The Hall–Kier alpha value is -4.14. The lowest BCUT2D eigenvalue weighted by Crippen LogP contribution is -2.05. The molecule has 5 nitrogen and oxygen atoms in total. The summed E-state index contributed by atoms with van der Waals surface area (Å²) in [7, 11) is 0. The Morgan fingerprint density at radius 3 is 2.19 bits per heavy atom. The molecule has 32 heavy (non-hydrogen) atoms. The first-order valence-corrected chi connectivity index (χ1v) is 10.2. The fourth-order valence-corrected chi connectivity index (χ4v) is 3.45. The van der Waals surface area contributed by atoms with Crippen LogP contribution >= 0.6 is 11.6 Å². The molecule has 0 saturated carbocycles. The van der Waals surface area contributed by atoms with Gasteiger partial charge in [-0.2, -0.15) is 5.26 Å². The Balaban J connectivity index is 1.67. The first kappa shape index (κ1) is 21.1. The molecule has 1 heterocycles. The Bertz CT molecular complexity index is 1300. The Labute approximate surface area is 190 Å². The van der Waals surface area contributed by atoms with E-state index < -0.39 is 0 Å². The highest BCUT2D eigenvalue weighted by Gasteiger charge is 2.15. The molecule has 4 aromatic rings. The summed E-state index contributed by atoms with van der Waals surface area (Å²) in [5.41, 5.74) is 3.68. The SMILES string of the molecule is CC(=O)Nc1ccc(-c2cc(Cl)c(C#N)c(-c3ccc(Oc4ccccc4)cc3)n2)cc1. The molecule has 4 rings (SSSR count). The number of hydrogen-bond acceptors (Lipinski definition) is 4. The number of ether oxygens (including phenoxy) is 1. The van der Waals surface area contributed by atoms with Gasteiger partial charge in [0.05, 0.1) is 22.0 Å². The predicted molar refractivity (Wildman–Crippen MR) is 126 cm³/mol. The van der Waals surface area contributed by atoms with Crippen molar-refractivity contribution in [2.24, 2.45) is 0 Å². The molecular formula is C26H18ClN3O2. The minimum atomic E-state index is -0.140. The van der Waals surface area contributed by atoms with Crippen molar-refractivity contribution in [1.29, 1.82) is 5.26 Å². The van der Waals surface area contributed by atoms with E-state index in [-0.39, 0.29) is 5.91 Å². The Morgan fingerprint density at radius 1 is 0.938 bits per heavy atom. The van der Waals surface area contributed by atoms with Gasteiger partial charge in [0.25, 0.3) is 0 Å². The fraction of sp³-hybridized carbons (Fsp3) is 0.0385. The monoisotopic (exact) mass is 439 g/mol. The maximum Gasteiger partial charge on any atom is 0.221 e. The van der Waals surface area contributed by atoms with Gasteiger partial charge in [0.2, 0.25) is 5.91 Å². The minimum Gasteiger partial charge on any atom is -0.457 e. The van der Waals surface area contributed by atoms with E-state index in [0.29, 0.717) is 33.4 Å². The van der Waals surface area contributed by atoms with Crippen LogP contribution in [0.4, 0.5) is 5.69 Å². The number of halogens is 1. The topological polar surface area (TPSA) is 75.0 Å². The number of amides is 1. The van der Waals surface area contributed by atoms with Crippen LogP contribution in [0.3, 0.4) is 0 Å². The molecule has 0 spiro atoms. The molecule has 0 radical (unpaired) electrons. The molecule has 0 atom stereocenters. The van der Waals surface area contributed by atoms with Crippen LogP contribution in [-0.2, 0) is 4.79 Å². The first-order chi connectivity index (χ1) is 15.5. The molecule has 0 bridgehead atoms. The normalized spacial score (nSPS) is 10.3. The number of carbonyl (C=O) groups is 1. The molecule has 156 valence electrons. The van der Waals surface area contributed by atoms with Crippen LogP contribution in [0, 0.1) is 11.3 Å². The third-order valence-corrected chi connectivity index (χ3v) is 4.99. The summed E-state index contributed by atoms with van der Waals surface area (Å²) < 4.78 is 5.84. The lowest BCUT2D eigenvalue weighted by Gasteiger charge is -2.11. The smallest absolute Gasteiger partial charge is 0.221 e. The lowest BCUT2D eigenvalue weighted by molar-refractivity contribution is -0.114. The average molecular weight is 440 g/mol. The second kappa shape index (κ2) is 9.34. The van der Waals surface area contributed by atoms with Gasteiger partial charge in [0.1, 0.15) is 17.6 Å². The Morgan fingerprint density at radius 2 is 1.56 bits per heavy atom. The van der Waals surface area contributed by atoms with Gasteiger partial charge in [-0.25, -0.2) is 4.98 Å². The van der Waals surface area contributed by atoms with Crippen molar-refractivity contribution >= 4 is 23.2 Å². The van der Waals surface area contributed by atoms with E-state index in [1.54, 1.807) is 18.2 Å². The molecular weight excluding hydrogens is 422 g/mol. The van der Waals surface area contributed by atoms with E-state index in [2.05, 4.69) is 11.4 Å². The van der Waals surface area contributed by atoms with E-state index in [1.165, 1.54) is 6.92 Å². The summed E-state index contributed by atoms with van der Waals surface area (Å²) in [6.45, 7) is 1.46. The Kier molecular flexibility index (Phi) is 6.16. The highest BCUT2D eigenvalue weighted by Crippen LogP contribution is 2.33. The summed E-state index contributed by atoms with van der Waals surface area (Å²) in [6, 6.07) is 27.9. The molecule has 0 aliphatic heterocycles. The number of rotatable bonds is 5. The van der Waals surface area contributed by atoms with Crippen LogP contribution in [0.5, 0.6) is 11.5 Å². The minimum absolute atomic E-state index is 0.140. The number of hydrogen-bond donors (Lipinski definition) is 1. The average Bonchev–Trinajstić information content (AvgIpc) is 2.80. The summed E-state index contributed by atoms with van der Waals surface area (Å²) in [6.07, 6.45) is 0. The van der Waals surface area contributed by atoms with Crippen molar-refractivity contribution in [2.45, 2.75) is 6.92 Å². The quantitative estimate of drug-likeness (QED) is 0.375. The zero-order valence-electron chi connectivity index (χ0n) is 17.2. The molecule has 0 aliphatic rings. The van der Waals surface area contributed by atoms with Gasteiger partial charge in [-0.15, -0.1) is 0 Å². The van der Waals surface area contributed by atoms with Gasteiger partial charge in [0.15, 0.2) is 0 Å². The second-order valence-corrected chi connectivity index (χ2v) is 7.43. The third kappa shape index (κ3) is 4.77. The number of para-hydroxylation sites is 1. The van der Waals surface area contributed by atoms with Crippen molar-refractivity contribution in [2.75, 3.05) is 5.32 Å². The van der Waals surface area contributed by atoms with Crippen LogP contribution in [0.15, 0.2) is 84.9 Å². The molecule has 0 unspecified atom stereocenters. The third-order valence-electron chi connectivity index (χ3n) is 4.69. The highest BCUT2D eigenvalue weighted by atomic mass is 35.5. The van der Waals surface area contributed by atoms with E-state index in [0.717, 1.165) is 16.9 Å². The van der Waals surface area contributed by atoms with Crippen molar-refractivity contribution in [3.63, 3.8) is 0 Å². The molecule has 0 aliphatic carbocycles. The maximum absolute atomic E-state index is 11.2. The van der Waals surface area contributed by atoms with E-state index in [4.69, 9.17) is 21.3 Å². The molecule has 0 fully saturated rings. The first-order valence-electron chi connectivity index (χ1n) is 9.85. The fourth-order valence-electron chi connectivity index (χ4n) is 3.21. The number of nitriles is 1. The van der Waals surface area contributed by atoms with E-state index >= 15 is 0 Å². The number of carbonyl (C=O) groups excluding carboxylic acids is 1. The van der Waals surface area contributed by atoms with Crippen molar-refractivity contribution < 1.29 is 9.53 Å². The molecule has 0 saturated heterocycles. The highest BCUT2D eigenvalue weighted by molar-refractivity contribution is 6.32. The number of benzene rings is 3. The van der Waals surface area contributed by atoms with Gasteiger partial charge in [-0.05, 0) is 54.6 Å². The van der Waals surface area contributed by atoms with Crippen LogP contribution in [0.25, 0.3) is 22.5 Å². The summed E-state index contributed by atoms with van der Waals surface area (Å²) in [4.78, 5) is 15.9. The summed E-state index contributed by atoms with van der Waals surface area (Å²) in [5.74, 6) is 1.28. The van der Waals surface area contributed by atoms with Gasteiger partial charge >= 0.3 is 0 Å². The van der Waals surface area contributed by atoms with Gasteiger partial charge in [0, 0.05) is 23.7 Å². The number of nitrogens with zero attached hydrogens (tertiary/aromatic N) is 2. The lowest BCUT2D eigenvalue weighted by atomic mass is 10.0. The van der Waals surface area contributed by atoms with Crippen molar-refractivity contribution in [1.82, 2.24) is 4.98 Å². The largest absolute Gasteiger partial charge is 0.457 e. The van der Waals surface area contributed by atoms with Crippen molar-refractivity contribution in [3.05, 3.63) is 95.5 Å². The molecule has 1 amide bonds. The molecule has 3 aromatic carbocycles. The van der Waals surface area contributed by atoms with Gasteiger partial charge < -0.3 is 10.1 Å². The number of pyridine rings is 1. The molecule has 1 N–H and O–H groups in total. The van der Waals surface area contributed by atoms with Gasteiger partial charge in [-0.1, -0.05) is 41.9 Å². The number of anilines is 1.